The number of rotatable bonds is 5. The molecule has 2 heterocycles. The minimum Gasteiger partial charge on any atom is -0.358 e. The predicted octanol–water partition coefficient (Wildman–Crippen LogP) is 1.45. The average molecular weight is 351 g/mol. The van der Waals surface area contributed by atoms with Crippen LogP contribution >= 0.6 is 11.3 Å². The Morgan fingerprint density at radius 2 is 2.04 bits per heavy atom. The number of hydrogen-bond donors (Lipinski definition) is 1. The van der Waals surface area contributed by atoms with E-state index >= 15 is 0 Å². The molecule has 130 valence electrons. The number of hydrogen-bond acceptors (Lipinski definition) is 6. The van der Waals surface area contributed by atoms with Crippen LogP contribution in [0.3, 0.4) is 0 Å². The SMILES string of the molecule is CNC(=O)CN1CCC(CN(C)c2nnc(C(F)(F)F)s2)CC1. The van der Waals surface area contributed by atoms with Crippen molar-refractivity contribution < 1.29 is 18.0 Å². The summed E-state index contributed by atoms with van der Waals surface area (Å²) in [7, 11) is 3.35. The maximum Gasteiger partial charge on any atom is 0.445 e. The summed E-state index contributed by atoms with van der Waals surface area (Å²) in [6, 6.07) is 0. The molecule has 10 heteroatoms. The number of piperidine rings is 1. The van der Waals surface area contributed by atoms with Crippen molar-refractivity contribution in [3.05, 3.63) is 5.01 Å². The Balaban J connectivity index is 1.82. The van der Waals surface area contributed by atoms with Gasteiger partial charge in [0.25, 0.3) is 0 Å². The minimum absolute atomic E-state index is 0.00546. The van der Waals surface area contributed by atoms with E-state index in [1.807, 2.05) is 0 Å². The Hall–Kier alpha value is -1.42. The summed E-state index contributed by atoms with van der Waals surface area (Å²) in [5.74, 6) is 0.369. The summed E-state index contributed by atoms with van der Waals surface area (Å²) in [5, 5.41) is 8.79. The number of aromatic nitrogens is 2. The number of carbonyl (C=O) groups is 1. The lowest BCUT2D eigenvalue weighted by Gasteiger charge is -2.33. The van der Waals surface area contributed by atoms with Crippen molar-refractivity contribution in [3.63, 3.8) is 0 Å². The standard InChI is InChI=1S/C13H20F3N5OS/c1-17-10(22)8-21-5-3-9(4-6-21)7-20(2)12-19-18-11(23-12)13(14,15)16/h9H,3-8H2,1-2H3,(H,17,22). The summed E-state index contributed by atoms with van der Waals surface area (Å²) in [5.41, 5.74) is 0. The van der Waals surface area contributed by atoms with Crippen LogP contribution < -0.4 is 10.2 Å². The number of nitrogens with zero attached hydrogens (tertiary/aromatic N) is 4. The fraction of sp³-hybridized carbons (Fsp3) is 0.769. The number of likely N-dealkylation sites (N-methyl/N-ethyl adjacent to an activating group) is 1. The van der Waals surface area contributed by atoms with Crippen LogP contribution in [0, 0.1) is 5.92 Å². The lowest BCUT2D eigenvalue weighted by atomic mass is 9.96. The Kier molecular flexibility index (Phi) is 5.79. The van der Waals surface area contributed by atoms with E-state index in [0.29, 0.717) is 30.3 Å². The van der Waals surface area contributed by atoms with Crippen molar-refractivity contribution in [2.75, 3.05) is 45.2 Å². The second-order valence-corrected chi connectivity index (χ2v) is 6.62. The fourth-order valence-electron chi connectivity index (χ4n) is 2.56. The largest absolute Gasteiger partial charge is 0.445 e. The van der Waals surface area contributed by atoms with Crippen LogP contribution in [0.2, 0.25) is 0 Å². The second kappa shape index (κ2) is 7.43. The number of alkyl halides is 3. The van der Waals surface area contributed by atoms with E-state index in [1.165, 1.54) is 0 Å². The topological polar surface area (TPSA) is 61.4 Å². The first-order valence-corrected chi connectivity index (χ1v) is 8.16. The molecule has 23 heavy (non-hydrogen) atoms. The van der Waals surface area contributed by atoms with Crippen LogP contribution in [0.15, 0.2) is 0 Å². The van der Waals surface area contributed by atoms with Crippen LogP contribution in [0.1, 0.15) is 17.8 Å². The summed E-state index contributed by atoms with van der Waals surface area (Å²) < 4.78 is 37.7. The third-order valence-electron chi connectivity index (χ3n) is 3.87. The highest BCUT2D eigenvalue weighted by Crippen LogP contribution is 2.34. The van der Waals surface area contributed by atoms with Crippen LogP contribution in [0.4, 0.5) is 18.3 Å². The zero-order valence-electron chi connectivity index (χ0n) is 13.1. The molecule has 0 aromatic carbocycles. The van der Waals surface area contributed by atoms with Crippen molar-refractivity contribution in [2.24, 2.45) is 5.92 Å². The Morgan fingerprint density at radius 1 is 1.39 bits per heavy atom. The summed E-state index contributed by atoms with van der Waals surface area (Å²) >= 11 is 0.564. The number of likely N-dealkylation sites (tertiary alicyclic amines) is 1. The van der Waals surface area contributed by atoms with Crippen molar-refractivity contribution in [3.8, 4) is 0 Å². The maximum absolute atomic E-state index is 12.6. The summed E-state index contributed by atoms with van der Waals surface area (Å²) in [4.78, 5) is 15.2. The van der Waals surface area contributed by atoms with Crippen LogP contribution in [0.25, 0.3) is 0 Å². The molecule has 0 atom stereocenters. The van der Waals surface area contributed by atoms with Gasteiger partial charge in [0.1, 0.15) is 0 Å². The molecule has 0 unspecified atom stereocenters. The fourth-order valence-corrected chi connectivity index (χ4v) is 3.24. The average Bonchev–Trinajstić information content (AvgIpc) is 2.99. The second-order valence-electron chi connectivity index (χ2n) is 5.66. The van der Waals surface area contributed by atoms with Gasteiger partial charge in [0.05, 0.1) is 6.54 Å². The summed E-state index contributed by atoms with van der Waals surface area (Å²) in [6.45, 7) is 2.66. The first-order chi connectivity index (χ1) is 10.8. The molecule has 1 aliphatic rings. The highest BCUT2D eigenvalue weighted by Gasteiger charge is 2.36. The van der Waals surface area contributed by atoms with E-state index in [2.05, 4.69) is 20.4 Å². The maximum atomic E-state index is 12.6. The number of amides is 1. The molecule has 0 aliphatic carbocycles. The van der Waals surface area contributed by atoms with Crippen molar-refractivity contribution >= 4 is 22.4 Å². The molecule has 0 spiro atoms. The van der Waals surface area contributed by atoms with E-state index in [4.69, 9.17) is 0 Å². The van der Waals surface area contributed by atoms with Gasteiger partial charge in [-0.3, -0.25) is 9.69 Å². The summed E-state index contributed by atoms with van der Waals surface area (Å²) in [6.07, 6.45) is -2.62. The molecule has 0 bridgehead atoms. The first kappa shape index (κ1) is 17.9. The van der Waals surface area contributed by atoms with E-state index in [1.54, 1.807) is 19.0 Å². The van der Waals surface area contributed by atoms with Gasteiger partial charge in [0.2, 0.25) is 16.0 Å². The Labute approximate surface area is 136 Å². The number of nitrogens with one attached hydrogen (secondary N) is 1. The quantitative estimate of drug-likeness (QED) is 0.870. The van der Waals surface area contributed by atoms with E-state index < -0.39 is 11.2 Å². The molecule has 6 nitrogen and oxygen atoms in total. The van der Waals surface area contributed by atoms with Gasteiger partial charge in [-0.2, -0.15) is 13.2 Å². The van der Waals surface area contributed by atoms with Gasteiger partial charge >= 0.3 is 6.18 Å². The molecule has 1 fully saturated rings. The monoisotopic (exact) mass is 351 g/mol. The normalized spacial score (nSPS) is 17.3. The molecule has 1 saturated heterocycles. The molecule has 1 N–H and O–H groups in total. The van der Waals surface area contributed by atoms with E-state index in [9.17, 15) is 18.0 Å². The molecule has 1 amide bonds. The van der Waals surface area contributed by atoms with Gasteiger partial charge in [-0.15, -0.1) is 10.2 Å². The van der Waals surface area contributed by atoms with Gasteiger partial charge in [-0.25, -0.2) is 0 Å². The Morgan fingerprint density at radius 3 is 2.57 bits per heavy atom. The predicted molar refractivity (Wildman–Crippen MR) is 81.4 cm³/mol. The van der Waals surface area contributed by atoms with Gasteiger partial charge in [0.15, 0.2) is 0 Å². The molecule has 1 aromatic heterocycles. The van der Waals surface area contributed by atoms with Crippen LogP contribution in [0.5, 0.6) is 0 Å². The molecule has 1 aliphatic heterocycles. The molecule has 0 radical (unpaired) electrons. The van der Waals surface area contributed by atoms with Crippen LogP contribution in [-0.4, -0.2) is 61.3 Å². The molecular weight excluding hydrogens is 331 g/mol. The molecular formula is C13H20F3N5OS. The third-order valence-corrected chi connectivity index (χ3v) is 4.95. The van der Waals surface area contributed by atoms with Gasteiger partial charge in [-0.1, -0.05) is 11.3 Å². The first-order valence-electron chi connectivity index (χ1n) is 7.34. The lowest BCUT2D eigenvalue weighted by Crippen LogP contribution is -2.42. The van der Waals surface area contributed by atoms with Crippen LogP contribution in [-0.2, 0) is 11.0 Å². The van der Waals surface area contributed by atoms with Gasteiger partial charge in [0, 0.05) is 20.6 Å². The van der Waals surface area contributed by atoms with E-state index in [0.717, 1.165) is 25.9 Å². The minimum atomic E-state index is -4.44. The number of anilines is 1. The number of carbonyl (C=O) groups excluding carboxylic acids is 1. The van der Waals surface area contributed by atoms with Crippen molar-refractivity contribution in [2.45, 2.75) is 19.0 Å². The lowest BCUT2D eigenvalue weighted by molar-refractivity contribution is -0.138. The van der Waals surface area contributed by atoms with Gasteiger partial charge in [-0.05, 0) is 31.8 Å². The van der Waals surface area contributed by atoms with Crippen molar-refractivity contribution in [1.29, 1.82) is 0 Å². The highest BCUT2D eigenvalue weighted by molar-refractivity contribution is 7.15. The smallest absolute Gasteiger partial charge is 0.358 e. The molecule has 2 rings (SSSR count). The Bertz CT molecular complexity index is 528. The molecule has 1 aromatic rings. The zero-order chi connectivity index (χ0) is 17.0. The highest BCUT2D eigenvalue weighted by atomic mass is 32.1. The third kappa shape index (κ3) is 5.03. The number of halogens is 3. The van der Waals surface area contributed by atoms with E-state index in [-0.39, 0.29) is 11.0 Å². The van der Waals surface area contributed by atoms with Gasteiger partial charge < -0.3 is 10.2 Å². The zero-order valence-corrected chi connectivity index (χ0v) is 13.9. The van der Waals surface area contributed by atoms with Crippen molar-refractivity contribution in [1.82, 2.24) is 20.4 Å². The molecule has 0 saturated carbocycles.